The molecule has 2 N–H and O–H groups in total. The van der Waals surface area contributed by atoms with Crippen LogP contribution < -0.4 is 20.3 Å². The lowest BCUT2D eigenvalue weighted by Crippen LogP contribution is -2.43. The van der Waals surface area contributed by atoms with E-state index in [-0.39, 0.29) is 6.61 Å². The minimum absolute atomic E-state index is 0.191. The number of hydrazine groups is 1. The Morgan fingerprint density at radius 2 is 1.59 bits per heavy atom. The molecule has 142 valence electrons. The number of amides is 2. The number of ether oxygens (including phenoxy) is 2. The summed E-state index contributed by atoms with van der Waals surface area (Å²) in [4.78, 5) is 23.5. The largest absolute Gasteiger partial charge is 0.497 e. The average Bonchev–Trinajstić information content (AvgIpc) is 2.69. The van der Waals surface area contributed by atoms with Gasteiger partial charge in [0.2, 0.25) is 0 Å². The van der Waals surface area contributed by atoms with Crippen molar-refractivity contribution in [3.8, 4) is 11.5 Å². The van der Waals surface area contributed by atoms with E-state index in [9.17, 15) is 9.59 Å². The minimum Gasteiger partial charge on any atom is -0.497 e. The van der Waals surface area contributed by atoms with Crippen LogP contribution in [0, 0.1) is 0 Å². The molecule has 0 aliphatic heterocycles. The molecule has 6 heteroatoms. The SMILES string of the molecule is COc1ccc(/C=C/C(=O)NNC(=O)COc2ccc(C(C)C)cc2)cc1. The topological polar surface area (TPSA) is 76.7 Å². The first-order chi connectivity index (χ1) is 13.0. The van der Waals surface area contributed by atoms with Crippen LogP contribution in [0.15, 0.2) is 54.6 Å². The van der Waals surface area contributed by atoms with Crippen LogP contribution in [0.2, 0.25) is 0 Å². The van der Waals surface area contributed by atoms with Gasteiger partial charge in [-0.05, 0) is 47.4 Å². The van der Waals surface area contributed by atoms with E-state index in [1.54, 1.807) is 25.3 Å². The lowest BCUT2D eigenvalue weighted by molar-refractivity contribution is -0.128. The fourth-order valence-electron chi connectivity index (χ4n) is 2.19. The molecule has 0 spiro atoms. The number of carbonyl (C=O) groups is 2. The second-order valence-corrected chi connectivity index (χ2v) is 6.16. The van der Waals surface area contributed by atoms with Crippen LogP contribution in [0.1, 0.15) is 30.9 Å². The van der Waals surface area contributed by atoms with Gasteiger partial charge in [-0.3, -0.25) is 20.4 Å². The van der Waals surface area contributed by atoms with Gasteiger partial charge in [-0.2, -0.15) is 0 Å². The molecule has 0 aromatic heterocycles. The summed E-state index contributed by atoms with van der Waals surface area (Å²) in [5, 5.41) is 0. The Morgan fingerprint density at radius 1 is 0.963 bits per heavy atom. The second kappa shape index (κ2) is 10.0. The zero-order valence-corrected chi connectivity index (χ0v) is 15.7. The smallest absolute Gasteiger partial charge is 0.276 e. The zero-order chi connectivity index (χ0) is 19.6. The number of hydrogen-bond donors (Lipinski definition) is 2. The van der Waals surface area contributed by atoms with Crippen LogP contribution >= 0.6 is 0 Å². The highest BCUT2D eigenvalue weighted by Crippen LogP contribution is 2.18. The molecule has 2 aromatic rings. The second-order valence-electron chi connectivity index (χ2n) is 6.16. The fourth-order valence-corrected chi connectivity index (χ4v) is 2.19. The standard InChI is InChI=1S/C21H24N2O4/c1-15(2)17-7-11-19(12-8-17)27-14-21(25)23-22-20(24)13-6-16-4-9-18(26-3)10-5-16/h4-13,15H,14H2,1-3H3,(H,22,24)(H,23,25)/b13-6+. The van der Waals surface area contributed by atoms with Gasteiger partial charge < -0.3 is 9.47 Å². The van der Waals surface area contributed by atoms with Crippen LogP contribution in [0.4, 0.5) is 0 Å². The number of hydrogen-bond acceptors (Lipinski definition) is 4. The van der Waals surface area contributed by atoms with Gasteiger partial charge >= 0.3 is 0 Å². The van der Waals surface area contributed by atoms with Crippen LogP contribution in [0.5, 0.6) is 11.5 Å². The van der Waals surface area contributed by atoms with E-state index in [4.69, 9.17) is 9.47 Å². The number of methoxy groups -OCH3 is 1. The maximum Gasteiger partial charge on any atom is 0.276 e. The molecular weight excluding hydrogens is 344 g/mol. The Kier molecular flexibility index (Phi) is 7.43. The van der Waals surface area contributed by atoms with Gasteiger partial charge in [0, 0.05) is 6.08 Å². The van der Waals surface area contributed by atoms with E-state index >= 15 is 0 Å². The van der Waals surface area contributed by atoms with Gasteiger partial charge in [0.05, 0.1) is 7.11 Å². The molecule has 0 unspecified atom stereocenters. The third kappa shape index (κ3) is 6.86. The molecule has 2 aromatic carbocycles. The summed E-state index contributed by atoms with van der Waals surface area (Å²) in [5.41, 5.74) is 6.64. The summed E-state index contributed by atoms with van der Waals surface area (Å²) in [6.45, 7) is 4.02. The van der Waals surface area contributed by atoms with Crippen molar-refractivity contribution in [2.75, 3.05) is 13.7 Å². The molecule has 0 fully saturated rings. The Balaban J connectivity index is 1.72. The molecule has 0 aliphatic rings. The molecule has 0 aliphatic carbocycles. The summed E-state index contributed by atoms with van der Waals surface area (Å²) >= 11 is 0. The van der Waals surface area contributed by atoms with Crippen LogP contribution in [-0.4, -0.2) is 25.5 Å². The first-order valence-electron chi connectivity index (χ1n) is 8.61. The van der Waals surface area contributed by atoms with Gasteiger partial charge in [0.25, 0.3) is 11.8 Å². The number of nitrogens with one attached hydrogen (secondary N) is 2. The molecule has 2 rings (SSSR count). The lowest BCUT2D eigenvalue weighted by atomic mass is 10.0. The predicted octanol–water partition coefficient (Wildman–Crippen LogP) is 3.06. The monoisotopic (exact) mass is 368 g/mol. The Hall–Kier alpha value is -3.28. The Morgan fingerprint density at radius 3 is 2.19 bits per heavy atom. The average molecular weight is 368 g/mol. The fraction of sp³-hybridized carbons (Fsp3) is 0.238. The van der Waals surface area contributed by atoms with E-state index in [1.165, 1.54) is 11.6 Å². The molecule has 0 bridgehead atoms. The van der Waals surface area contributed by atoms with Crippen molar-refractivity contribution in [1.82, 2.24) is 10.9 Å². The van der Waals surface area contributed by atoms with Crippen molar-refractivity contribution in [2.45, 2.75) is 19.8 Å². The molecule has 27 heavy (non-hydrogen) atoms. The third-order valence-corrected chi connectivity index (χ3v) is 3.78. The highest BCUT2D eigenvalue weighted by Gasteiger charge is 2.05. The van der Waals surface area contributed by atoms with E-state index in [0.717, 1.165) is 11.3 Å². The number of carbonyl (C=O) groups excluding carboxylic acids is 2. The normalized spacial score (nSPS) is 10.7. The van der Waals surface area contributed by atoms with E-state index < -0.39 is 11.8 Å². The Labute approximate surface area is 159 Å². The summed E-state index contributed by atoms with van der Waals surface area (Å²) in [6.07, 6.45) is 2.96. The van der Waals surface area contributed by atoms with Crippen LogP contribution in [-0.2, 0) is 9.59 Å². The van der Waals surface area contributed by atoms with Gasteiger partial charge in [0.15, 0.2) is 6.61 Å². The maximum atomic E-state index is 11.8. The third-order valence-electron chi connectivity index (χ3n) is 3.78. The van der Waals surface area contributed by atoms with Crippen LogP contribution in [0.3, 0.4) is 0 Å². The maximum absolute atomic E-state index is 11.8. The van der Waals surface area contributed by atoms with Crippen molar-refractivity contribution >= 4 is 17.9 Å². The van der Waals surface area contributed by atoms with E-state index in [2.05, 4.69) is 24.7 Å². The van der Waals surface area contributed by atoms with E-state index in [1.807, 2.05) is 36.4 Å². The number of benzene rings is 2. The molecule has 0 heterocycles. The predicted molar refractivity (Wildman–Crippen MR) is 104 cm³/mol. The van der Waals surface area contributed by atoms with Crippen molar-refractivity contribution < 1.29 is 19.1 Å². The number of rotatable bonds is 7. The summed E-state index contributed by atoms with van der Waals surface area (Å²) < 4.78 is 10.5. The van der Waals surface area contributed by atoms with Gasteiger partial charge in [-0.15, -0.1) is 0 Å². The van der Waals surface area contributed by atoms with Crippen molar-refractivity contribution in [3.63, 3.8) is 0 Å². The van der Waals surface area contributed by atoms with Crippen molar-refractivity contribution in [2.24, 2.45) is 0 Å². The summed E-state index contributed by atoms with van der Waals surface area (Å²) in [5.74, 6) is 0.876. The van der Waals surface area contributed by atoms with Crippen molar-refractivity contribution in [1.29, 1.82) is 0 Å². The quantitative estimate of drug-likeness (QED) is 0.582. The Bertz CT molecular complexity index is 781. The first-order valence-corrected chi connectivity index (χ1v) is 8.61. The first kappa shape index (κ1) is 20.0. The summed E-state index contributed by atoms with van der Waals surface area (Å²) in [6, 6.07) is 14.8. The highest BCUT2D eigenvalue weighted by molar-refractivity contribution is 5.93. The zero-order valence-electron chi connectivity index (χ0n) is 15.7. The molecule has 0 saturated heterocycles. The van der Waals surface area contributed by atoms with E-state index in [0.29, 0.717) is 11.7 Å². The molecule has 0 atom stereocenters. The van der Waals surface area contributed by atoms with Crippen LogP contribution in [0.25, 0.3) is 6.08 Å². The molecule has 0 saturated carbocycles. The molecule has 2 amide bonds. The van der Waals surface area contributed by atoms with Gasteiger partial charge in [0.1, 0.15) is 11.5 Å². The summed E-state index contributed by atoms with van der Waals surface area (Å²) in [7, 11) is 1.59. The minimum atomic E-state index is -0.450. The van der Waals surface area contributed by atoms with Gasteiger partial charge in [-0.25, -0.2) is 0 Å². The highest BCUT2D eigenvalue weighted by atomic mass is 16.5. The molecular formula is C21H24N2O4. The van der Waals surface area contributed by atoms with Gasteiger partial charge in [-0.1, -0.05) is 38.1 Å². The molecule has 6 nitrogen and oxygen atoms in total. The lowest BCUT2D eigenvalue weighted by Gasteiger charge is -2.09. The molecule has 0 radical (unpaired) electrons. The van der Waals surface area contributed by atoms with Crippen molar-refractivity contribution in [3.05, 3.63) is 65.7 Å².